The van der Waals surface area contributed by atoms with Crippen LogP contribution in [-0.4, -0.2) is 71.5 Å². The number of H-pyrrole nitrogens is 1. The lowest BCUT2D eigenvalue weighted by Crippen LogP contribution is -2.38. The fourth-order valence-corrected chi connectivity index (χ4v) is 4.68. The number of aromatic nitrogens is 3. The number of piperidine rings is 1. The topological polar surface area (TPSA) is 110 Å². The van der Waals surface area contributed by atoms with Gasteiger partial charge < -0.3 is 30.0 Å². The van der Waals surface area contributed by atoms with Gasteiger partial charge in [0.25, 0.3) is 5.91 Å². The van der Waals surface area contributed by atoms with Crippen LogP contribution in [0.1, 0.15) is 34.7 Å². The summed E-state index contributed by atoms with van der Waals surface area (Å²) in [5, 5.41) is 0. The summed E-state index contributed by atoms with van der Waals surface area (Å²) in [7, 11) is 0. The maximum atomic E-state index is 13.0. The quantitative estimate of drug-likeness (QED) is 0.540. The van der Waals surface area contributed by atoms with Crippen LogP contribution in [0.25, 0.3) is 11.2 Å². The van der Waals surface area contributed by atoms with E-state index >= 15 is 0 Å². The monoisotopic (exact) mass is 490 g/mol. The molecule has 2 aromatic heterocycles. The number of hydrogen-bond donors (Lipinski definition) is 2. The maximum absolute atomic E-state index is 13.0. The Bertz CT molecular complexity index is 1220. The number of carbonyl (C=O) groups excluding carboxylic acids is 1. The van der Waals surface area contributed by atoms with Crippen LogP contribution in [0.2, 0.25) is 0 Å². The normalized spacial score (nSPS) is 17.7. The zero-order chi connectivity index (χ0) is 24.6. The average Bonchev–Trinajstić information content (AvgIpc) is 3.28. The van der Waals surface area contributed by atoms with Gasteiger partial charge in [-0.05, 0) is 42.5 Å². The number of likely N-dealkylation sites (tertiary alicyclic amines) is 1. The highest BCUT2D eigenvalue weighted by molar-refractivity contribution is 5.99. The zero-order valence-electron chi connectivity index (χ0n) is 18.8. The van der Waals surface area contributed by atoms with Crippen molar-refractivity contribution in [3.63, 3.8) is 0 Å². The number of anilines is 2. The van der Waals surface area contributed by atoms with E-state index in [9.17, 15) is 18.0 Å². The summed E-state index contributed by atoms with van der Waals surface area (Å²) < 4.78 is 46.6. The number of fused-ring (bicyclic) bond motifs is 1. The molecule has 35 heavy (non-hydrogen) atoms. The number of hydrogen-bond acceptors (Lipinski definition) is 7. The number of carbonyl (C=O) groups is 1. The van der Waals surface area contributed by atoms with Gasteiger partial charge in [-0.15, -0.1) is 13.2 Å². The minimum Gasteiger partial charge on any atom is -0.406 e. The van der Waals surface area contributed by atoms with Gasteiger partial charge in [-0.25, -0.2) is 4.98 Å². The van der Waals surface area contributed by atoms with Crippen LogP contribution in [0.4, 0.5) is 24.8 Å². The minimum absolute atomic E-state index is 0.0529. The number of nitrogen functional groups attached to an aromatic ring is 1. The SMILES string of the molecule is Nc1cc(OC(F)(F)F)ccc1C(=O)N1CCC(c2ccnc3nc(N4CCOCC4)[nH]c23)CC1. The molecule has 0 spiro atoms. The summed E-state index contributed by atoms with van der Waals surface area (Å²) >= 11 is 0. The van der Waals surface area contributed by atoms with Crippen LogP contribution >= 0.6 is 0 Å². The number of nitrogens with two attached hydrogens (primary N) is 1. The number of pyridine rings is 1. The second-order valence-electron chi connectivity index (χ2n) is 8.62. The molecule has 0 unspecified atom stereocenters. The molecule has 3 N–H and O–H groups in total. The number of nitrogens with zero attached hydrogens (tertiary/aromatic N) is 4. The first kappa shape index (κ1) is 23.2. The number of benzene rings is 1. The smallest absolute Gasteiger partial charge is 0.406 e. The minimum atomic E-state index is -4.82. The highest BCUT2D eigenvalue weighted by atomic mass is 19.4. The molecule has 12 heteroatoms. The number of alkyl halides is 3. The first-order chi connectivity index (χ1) is 16.8. The molecule has 0 aliphatic carbocycles. The molecule has 5 rings (SSSR count). The van der Waals surface area contributed by atoms with Crippen molar-refractivity contribution in [2.75, 3.05) is 50.0 Å². The summed E-state index contributed by atoms with van der Waals surface area (Å²) in [6, 6.07) is 5.38. The molecule has 3 aromatic rings. The fraction of sp³-hybridized carbons (Fsp3) is 0.435. The van der Waals surface area contributed by atoms with Crippen LogP contribution < -0.4 is 15.4 Å². The van der Waals surface area contributed by atoms with Gasteiger partial charge in [0.15, 0.2) is 5.65 Å². The maximum Gasteiger partial charge on any atom is 0.573 e. The van der Waals surface area contributed by atoms with E-state index in [4.69, 9.17) is 10.5 Å². The lowest BCUT2D eigenvalue weighted by molar-refractivity contribution is -0.274. The molecule has 0 atom stereocenters. The molecule has 9 nitrogen and oxygen atoms in total. The number of aromatic amines is 1. The zero-order valence-corrected chi connectivity index (χ0v) is 18.8. The van der Waals surface area contributed by atoms with E-state index in [1.165, 1.54) is 6.07 Å². The molecular weight excluding hydrogens is 465 g/mol. The standard InChI is InChI=1S/C23H25F3N6O3/c24-23(25,26)35-15-1-2-17(18(27)13-15)21(33)31-7-4-14(5-8-31)16-3-6-28-20-19(16)29-22(30-20)32-9-11-34-12-10-32/h1-3,6,13-14H,4-5,7-12,27H2,(H,28,29,30). The van der Waals surface area contributed by atoms with Gasteiger partial charge in [0, 0.05) is 44.1 Å². The molecule has 1 aromatic carbocycles. The molecule has 0 bridgehead atoms. The Kier molecular flexibility index (Phi) is 6.13. The average molecular weight is 490 g/mol. The van der Waals surface area contributed by atoms with Crippen LogP contribution in [0.15, 0.2) is 30.5 Å². The van der Waals surface area contributed by atoms with Crippen molar-refractivity contribution in [1.82, 2.24) is 19.9 Å². The van der Waals surface area contributed by atoms with Gasteiger partial charge in [-0.1, -0.05) is 0 Å². The lowest BCUT2D eigenvalue weighted by atomic mass is 9.89. The van der Waals surface area contributed by atoms with Crippen LogP contribution in [0, 0.1) is 0 Å². The third-order valence-corrected chi connectivity index (χ3v) is 6.43. The molecule has 0 saturated carbocycles. The Balaban J connectivity index is 1.27. The highest BCUT2D eigenvalue weighted by Gasteiger charge is 2.32. The molecule has 2 saturated heterocycles. The van der Waals surface area contributed by atoms with Crippen molar-refractivity contribution >= 4 is 28.7 Å². The summed E-state index contributed by atoms with van der Waals surface area (Å²) in [6.45, 7) is 3.85. The second-order valence-corrected chi connectivity index (χ2v) is 8.62. The van der Waals surface area contributed by atoms with Crippen LogP contribution in [-0.2, 0) is 4.74 Å². The van der Waals surface area contributed by atoms with E-state index in [0.717, 1.165) is 55.1 Å². The van der Waals surface area contributed by atoms with Gasteiger partial charge in [0.1, 0.15) is 5.75 Å². The molecule has 2 fully saturated rings. The first-order valence-corrected chi connectivity index (χ1v) is 11.4. The third kappa shape index (κ3) is 4.97. The van der Waals surface area contributed by atoms with Crippen molar-refractivity contribution in [3.8, 4) is 5.75 Å². The van der Waals surface area contributed by atoms with E-state index in [0.29, 0.717) is 32.0 Å². The number of morpholine rings is 1. The van der Waals surface area contributed by atoms with Crippen LogP contribution in [0.3, 0.4) is 0 Å². The van der Waals surface area contributed by atoms with Crippen molar-refractivity contribution in [1.29, 1.82) is 0 Å². The summed E-state index contributed by atoms with van der Waals surface area (Å²) in [4.78, 5) is 29.3. The molecule has 0 radical (unpaired) electrons. The first-order valence-electron chi connectivity index (χ1n) is 11.4. The molecule has 2 aliphatic heterocycles. The summed E-state index contributed by atoms with van der Waals surface area (Å²) in [5.74, 6) is 0.227. The molecule has 2 aliphatic rings. The number of imidazole rings is 1. The highest BCUT2D eigenvalue weighted by Crippen LogP contribution is 2.34. The third-order valence-electron chi connectivity index (χ3n) is 6.43. The fourth-order valence-electron chi connectivity index (χ4n) is 4.68. The van der Waals surface area contributed by atoms with Crippen LogP contribution in [0.5, 0.6) is 5.75 Å². The van der Waals surface area contributed by atoms with Gasteiger partial charge in [-0.3, -0.25) is 4.79 Å². The van der Waals surface area contributed by atoms with E-state index in [1.54, 1.807) is 11.1 Å². The number of amides is 1. The largest absolute Gasteiger partial charge is 0.573 e. The van der Waals surface area contributed by atoms with Crippen molar-refractivity contribution in [3.05, 3.63) is 41.6 Å². The van der Waals surface area contributed by atoms with Gasteiger partial charge in [0.05, 0.1) is 24.3 Å². The molecule has 4 heterocycles. The van der Waals surface area contributed by atoms with E-state index in [1.807, 2.05) is 6.07 Å². The van der Waals surface area contributed by atoms with Crippen molar-refractivity contribution < 1.29 is 27.4 Å². The Morgan fingerprint density at radius 2 is 1.89 bits per heavy atom. The Labute approximate surface area is 199 Å². The number of rotatable bonds is 4. The van der Waals surface area contributed by atoms with E-state index < -0.39 is 12.1 Å². The predicted octanol–water partition coefficient (Wildman–Crippen LogP) is 3.30. The number of nitrogens with one attached hydrogen (secondary N) is 1. The lowest BCUT2D eigenvalue weighted by Gasteiger charge is -2.32. The Morgan fingerprint density at radius 3 is 2.57 bits per heavy atom. The van der Waals surface area contributed by atoms with E-state index in [2.05, 4.69) is 24.6 Å². The molecular formula is C23H25F3N6O3. The Morgan fingerprint density at radius 1 is 1.14 bits per heavy atom. The summed E-state index contributed by atoms with van der Waals surface area (Å²) in [6.07, 6.45) is -1.61. The van der Waals surface area contributed by atoms with Crippen molar-refractivity contribution in [2.45, 2.75) is 25.1 Å². The molecule has 1 amide bonds. The van der Waals surface area contributed by atoms with Gasteiger partial charge in [0.2, 0.25) is 5.95 Å². The van der Waals surface area contributed by atoms with Gasteiger partial charge in [-0.2, -0.15) is 4.98 Å². The number of ether oxygens (including phenoxy) is 2. The van der Waals surface area contributed by atoms with E-state index in [-0.39, 0.29) is 23.1 Å². The predicted molar refractivity (Wildman–Crippen MR) is 122 cm³/mol. The van der Waals surface area contributed by atoms with Gasteiger partial charge >= 0.3 is 6.36 Å². The summed E-state index contributed by atoms with van der Waals surface area (Å²) in [5.41, 5.74) is 8.66. The second kappa shape index (κ2) is 9.25. The number of halogens is 3. The van der Waals surface area contributed by atoms with Crippen molar-refractivity contribution in [2.24, 2.45) is 0 Å². The molecule has 186 valence electrons. The Hall–Kier alpha value is -3.54.